The molecule has 10 heteroatoms. The number of nitrogens with two attached hydrogens (primary N) is 1. The summed E-state index contributed by atoms with van der Waals surface area (Å²) in [7, 11) is -3.76. The predicted octanol–water partition coefficient (Wildman–Crippen LogP) is 4.65. The average Bonchev–Trinajstić information content (AvgIpc) is 3.29. The van der Waals surface area contributed by atoms with Crippen molar-refractivity contribution in [3.05, 3.63) is 81.9 Å². The minimum Gasteiger partial charge on any atom is -0.457 e. The molecule has 0 spiro atoms. The number of carbonyl (C=O) groups is 1. The van der Waals surface area contributed by atoms with Crippen LogP contribution >= 0.6 is 35.6 Å². The Morgan fingerprint density at radius 1 is 1.10 bits per heavy atom. The highest BCUT2D eigenvalue weighted by Gasteiger charge is 2.32. The van der Waals surface area contributed by atoms with Gasteiger partial charge in [-0.25, -0.2) is 13.6 Å². The second-order valence-corrected chi connectivity index (χ2v) is 10.3. The van der Waals surface area contributed by atoms with Gasteiger partial charge in [0, 0.05) is 16.7 Å². The molecular formula is C21H15ClN2O4S3. The van der Waals surface area contributed by atoms with Crippen LogP contribution in [0.3, 0.4) is 0 Å². The van der Waals surface area contributed by atoms with Crippen molar-refractivity contribution in [2.24, 2.45) is 5.14 Å². The quantitative estimate of drug-likeness (QED) is 0.413. The van der Waals surface area contributed by atoms with Gasteiger partial charge in [-0.1, -0.05) is 53.8 Å². The fourth-order valence-electron chi connectivity index (χ4n) is 2.96. The van der Waals surface area contributed by atoms with E-state index in [-0.39, 0.29) is 10.8 Å². The van der Waals surface area contributed by atoms with Crippen LogP contribution in [0.15, 0.2) is 74.9 Å². The Bertz CT molecular complexity index is 1310. The van der Waals surface area contributed by atoms with Crippen LogP contribution in [0, 0.1) is 0 Å². The molecule has 1 saturated heterocycles. The molecule has 1 fully saturated rings. The molecule has 4 rings (SSSR count). The first-order valence-electron chi connectivity index (χ1n) is 8.94. The number of carbonyl (C=O) groups excluding carboxylic acids is 1. The molecule has 158 valence electrons. The normalized spacial score (nSPS) is 15.8. The molecule has 6 nitrogen and oxygen atoms in total. The Hall–Kier alpha value is -2.43. The zero-order valence-electron chi connectivity index (χ0n) is 15.8. The van der Waals surface area contributed by atoms with Crippen molar-refractivity contribution in [1.82, 2.24) is 4.90 Å². The maximum Gasteiger partial charge on any atom is 0.266 e. The maximum atomic E-state index is 12.8. The van der Waals surface area contributed by atoms with E-state index in [1.165, 1.54) is 28.8 Å². The van der Waals surface area contributed by atoms with Gasteiger partial charge in [-0.05, 0) is 48.0 Å². The Balaban J connectivity index is 1.53. The zero-order chi connectivity index (χ0) is 22.2. The average molecular weight is 491 g/mol. The summed E-state index contributed by atoms with van der Waals surface area (Å²) in [5.41, 5.74) is 1.49. The van der Waals surface area contributed by atoms with Crippen molar-refractivity contribution in [2.75, 3.05) is 0 Å². The minimum atomic E-state index is -3.76. The van der Waals surface area contributed by atoms with Gasteiger partial charge in [0.15, 0.2) is 0 Å². The molecule has 1 aliphatic heterocycles. The topological polar surface area (TPSA) is 93.6 Å². The molecule has 2 heterocycles. The number of hydrogen-bond acceptors (Lipinski definition) is 6. The molecular weight excluding hydrogens is 476 g/mol. The lowest BCUT2D eigenvalue weighted by Gasteiger charge is -2.15. The number of amides is 1. The molecule has 2 N–H and O–H groups in total. The van der Waals surface area contributed by atoms with Gasteiger partial charge in [-0.15, -0.1) is 0 Å². The second-order valence-electron chi connectivity index (χ2n) is 6.63. The number of hydrogen-bond donors (Lipinski definition) is 1. The number of primary sulfonamides is 1. The lowest BCUT2D eigenvalue weighted by molar-refractivity contribution is -0.122. The largest absolute Gasteiger partial charge is 0.457 e. The summed E-state index contributed by atoms with van der Waals surface area (Å²) in [5.74, 6) is 0.785. The Labute approximate surface area is 193 Å². The Kier molecular flexibility index (Phi) is 6.05. The van der Waals surface area contributed by atoms with E-state index >= 15 is 0 Å². The Morgan fingerprint density at radius 3 is 2.48 bits per heavy atom. The summed E-state index contributed by atoms with van der Waals surface area (Å²) in [4.78, 5) is 14.8. The van der Waals surface area contributed by atoms with Gasteiger partial charge in [0.2, 0.25) is 10.0 Å². The van der Waals surface area contributed by atoms with Crippen LogP contribution in [0.2, 0.25) is 5.02 Å². The molecule has 1 aromatic heterocycles. The van der Waals surface area contributed by atoms with E-state index in [9.17, 15) is 13.2 Å². The number of furan rings is 1. The van der Waals surface area contributed by atoms with Crippen molar-refractivity contribution in [3.63, 3.8) is 0 Å². The molecule has 1 amide bonds. The number of thioether (sulfide) groups is 1. The first-order chi connectivity index (χ1) is 14.7. The van der Waals surface area contributed by atoms with Gasteiger partial charge in [-0.3, -0.25) is 9.69 Å². The molecule has 0 bridgehead atoms. The van der Waals surface area contributed by atoms with Gasteiger partial charge in [0.05, 0.1) is 16.3 Å². The molecule has 0 aliphatic carbocycles. The molecule has 31 heavy (non-hydrogen) atoms. The van der Waals surface area contributed by atoms with E-state index in [1.54, 1.807) is 36.4 Å². The third-order valence-electron chi connectivity index (χ3n) is 4.53. The first-order valence-corrected chi connectivity index (χ1v) is 12.1. The number of halogens is 1. The lowest BCUT2D eigenvalue weighted by atomic mass is 10.2. The van der Waals surface area contributed by atoms with Gasteiger partial charge >= 0.3 is 0 Å². The monoisotopic (exact) mass is 490 g/mol. The van der Waals surface area contributed by atoms with Gasteiger partial charge in [-0.2, -0.15) is 0 Å². The summed E-state index contributed by atoms with van der Waals surface area (Å²) in [6, 6.07) is 16.8. The van der Waals surface area contributed by atoms with Crippen LogP contribution in [0.5, 0.6) is 0 Å². The molecule has 2 aromatic carbocycles. The summed E-state index contributed by atoms with van der Waals surface area (Å²) < 4.78 is 29.0. The van der Waals surface area contributed by atoms with Crippen molar-refractivity contribution >= 4 is 61.9 Å². The third kappa shape index (κ3) is 4.76. The first kappa shape index (κ1) is 21.8. The van der Waals surface area contributed by atoms with Crippen LogP contribution in [0.25, 0.3) is 17.4 Å². The van der Waals surface area contributed by atoms with E-state index in [0.717, 1.165) is 5.56 Å². The zero-order valence-corrected chi connectivity index (χ0v) is 19.0. The molecule has 0 atom stereocenters. The molecule has 3 aromatic rings. The number of nitrogens with zero attached hydrogens (tertiary/aromatic N) is 1. The third-order valence-corrected chi connectivity index (χ3v) is 7.20. The highest BCUT2D eigenvalue weighted by atomic mass is 35.5. The highest BCUT2D eigenvalue weighted by molar-refractivity contribution is 8.26. The number of thiocarbonyl (C=S) groups is 1. The van der Waals surface area contributed by atoms with Gasteiger partial charge in [0.1, 0.15) is 15.8 Å². The smallest absolute Gasteiger partial charge is 0.266 e. The van der Waals surface area contributed by atoms with E-state index in [0.29, 0.717) is 37.9 Å². The molecule has 0 unspecified atom stereocenters. The van der Waals surface area contributed by atoms with Crippen LogP contribution in [0.1, 0.15) is 11.3 Å². The fourth-order valence-corrected chi connectivity index (χ4v) is 4.90. The van der Waals surface area contributed by atoms with Crippen LogP contribution in [0.4, 0.5) is 0 Å². The van der Waals surface area contributed by atoms with E-state index < -0.39 is 10.0 Å². The maximum absolute atomic E-state index is 12.8. The number of benzene rings is 2. The second kappa shape index (κ2) is 8.60. The van der Waals surface area contributed by atoms with E-state index in [4.69, 9.17) is 33.4 Å². The summed E-state index contributed by atoms with van der Waals surface area (Å²) in [5, 5.41) is 5.69. The van der Waals surface area contributed by atoms with E-state index in [1.807, 2.05) is 18.2 Å². The molecule has 1 aliphatic rings. The highest BCUT2D eigenvalue weighted by Crippen LogP contribution is 2.35. The van der Waals surface area contributed by atoms with Crippen LogP contribution < -0.4 is 5.14 Å². The Morgan fingerprint density at radius 2 is 1.81 bits per heavy atom. The number of sulfonamides is 1. The van der Waals surface area contributed by atoms with Crippen LogP contribution in [-0.2, 0) is 21.4 Å². The van der Waals surface area contributed by atoms with Crippen molar-refractivity contribution in [2.45, 2.75) is 11.4 Å². The molecule has 0 radical (unpaired) electrons. The van der Waals surface area contributed by atoms with Crippen molar-refractivity contribution < 1.29 is 17.6 Å². The van der Waals surface area contributed by atoms with Gasteiger partial charge in [0.25, 0.3) is 5.91 Å². The predicted molar refractivity (Wildman–Crippen MR) is 126 cm³/mol. The van der Waals surface area contributed by atoms with Gasteiger partial charge < -0.3 is 4.42 Å². The molecule has 0 saturated carbocycles. The lowest BCUT2D eigenvalue weighted by Crippen LogP contribution is -2.27. The standard InChI is InChI=1S/C21H15ClN2O4S3/c22-17-4-2-1-3-14(17)12-24-20(25)19(30-21(24)29)11-15-7-10-18(28-15)13-5-8-16(9-6-13)31(23,26)27/h1-11H,12H2,(H2,23,26,27). The fraction of sp³-hybridized carbons (Fsp3) is 0.0476. The minimum absolute atomic E-state index is 0.0187. The SMILES string of the molecule is NS(=O)(=O)c1ccc(-c2ccc(C=C3SC(=S)N(Cc4ccccc4Cl)C3=O)o2)cc1. The summed E-state index contributed by atoms with van der Waals surface area (Å²) >= 11 is 12.8. The van der Waals surface area contributed by atoms with Crippen LogP contribution in [-0.4, -0.2) is 23.5 Å². The van der Waals surface area contributed by atoms with E-state index in [2.05, 4.69) is 0 Å². The van der Waals surface area contributed by atoms with Crippen molar-refractivity contribution in [3.8, 4) is 11.3 Å². The van der Waals surface area contributed by atoms with Crippen molar-refractivity contribution in [1.29, 1.82) is 0 Å². The summed E-state index contributed by atoms with van der Waals surface area (Å²) in [6.45, 7) is 0.293. The summed E-state index contributed by atoms with van der Waals surface area (Å²) in [6.07, 6.45) is 1.63. The number of rotatable bonds is 5.